The van der Waals surface area contributed by atoms with Gasteiger partial charge >= 0.3 is 0 Å². The van der Waals surface area contributed by atoms with Crippen LogP contribution in [0.4, 0.5) is 0 Å². The van der Waals surface area contributed by atoms with Gasteiger partial charge in [0.25, 0.3) is 0 Å². The van der Waals surface area contributed by atoms with Crippen LogP contribution in [0.3, 0.4) is 0 Å². The van der Waals surface area contributed by atoms with Gasteiger partial charge in [0, 0.05) is 0 Å². The van der Waals surface area contributed by atoms with Crippen LogP contribution in [0.5, 0.6) is 0 Å². The van der Waals surface area contributed by atoms with Crippen molar-refractivity contribution in [2.24, 2.45) is 57.2 Å². The second-order valence-corrected chi connectivity index (χ2v) is 13.9. The number of hydrogen-bond acceptors (Lipinski definition) is 0. The largest absolute Gasteiger partial charge is 0.0801 e. The summed E-state index contributed by atoms with van der Waals surface area (Å²) in [5.74, 6) is 5.16. The Hall–Kier alpha value is -0.520. The maximum absolute atomic E-state index is 2.79. The van der Waals surface area contributed by atoms with Crippen molar-refractivity contribution in [1.82, 2.24) is 0 Å². The lowest BCUT2D eigenvalue weighted by Gasteiger charge is -2.65. The van der Waals surface area contributed by atoms with E-state index in [-0.39, 0.29) is 0 Å². The molecule has 0 radical (unpaired) electrons. The van der Waals surface area contributed by atoms with Crippen molar-refractivity contribution in [3.8, 4) is 0 Å². The summed E-state index contributed by atoms with van der Waals surface area (Å²) in [6, 6.07) is 0. The van der Waals surface area contributed by atoms with Crippen molar-refractivity contribution in [3.05, 3.63) is 23.3 Å². The fraction of sp³-hybridized carbons (Fsp3) is 0.867. The normalized spacial score (nSPS) is 55.2. The van der Waals surface area contributed by atoms with Gasteiger partial charge in [0.05, 0.1) is 0 Å². The van der Waals surface area contributed by atoms with E-state index in [1.807, 2.05) is 11.1 Å². The van der Waals surface area contributed by atoms with Crippen LogP contribution in [0.15, 0.2) is 23.3 Å². The number of hydrogen-bond donors (Lipinski definition) is 0. The second kappa shape index (κ2) is 6.51. The van der Waals surface area contributed by atoms with Crippen LogP contribution in [-0.4, -0.2) is 0 Å². The number of allylic oxidation sites excluding steroid dienone is 4. The van der Waals surface area contributed by atoms with Crippen molar-refractivity contribution in [2.75, 3.05) is 0 Å². The highest BCUT2D eigenvalue weighted by molar-refractivity contribution is 5.48. The smallest absolute Gasteiger partial charge is 0.00159 e. The zero-order chi connectivity index (χ0) is 21.7. The van der Waals surface area contributed by atoms with Crippen molar-refractivity contribution in [2.45, 2.75) is 107 Å². The molecular formula is C30H48. The number of rotatable bonds is 1. The first kappa shape index (κ1) is 21.3. The average molecular weight is 409 g/mol. The summed E-state index contributed by atoms with van der Waals surface area (Å²) >= 11 is 0. The van der Waals surface area contributed by atoms with E-state index in [1.165, 1.54) is 51.4 Å². The quantitative estimate of drug-likeness (QED) is 0.406. The summed E-state index contributed by atoms with van der Waals surface area (Å²) in [5.41, 5.74) is 5.51. The molecule has 168 valence electrons. The lowest BCUT2D eigenvalue weighted by atomic mass is 9.39. The molecule has 0 heterocycles. The monoisotopic (exact) mass is 408 g/mol. The lowest BCUT2D eigenvalue weighted by Crippen LogP contribution is -2.57. The van der Waals surface area contributed by atoms with E-state index >= 15 is 0 Å². The zero-order valence-electron chi connectivity index (χ0n) is 21.3. The first-order valence-electron chi connectivity index (χ1n) is 13.4. The Morgan fingerprint density at radius 1 is 0.867 bits per heavy atom. The molecule has 0 heteroatoms. The fourth-order valence-corrected chi connectivity index (χ4v) is 10.3. The molecule has 0 aromatic rings. The van der Waals surface area contributed by atoms with Crippen molar-refractivity contribution >= 4 is 0 Å². The third kappa shape index (κ3) is 2.46. The molecule has 0 spiro atoms. The summed E-state index contributed by atoms with van der Waals surface area (Å²) < 4.78 is 0. The Kier molecular flexibility index (Phi) is 4.63. The van der Waals surface area contributed by atoms with E-state index in [2.05, 4.69) is 67.5 Å². The minimum absolute atomic E-state index is 0.384. The van der Waals surface area contributed by atoms with Crippen LogP contribution in [0, 0.1) is 57.2 Å². The van der Waals surface area contributed by atoms with E-state index < -0.39 is 0 Å². The summed E-state index contributed by atoms with van der Waals surface area (Å²) in [5, 5.41) is 0. The third-order valence-corrected chi connectivity index (χ3v) is 12.5. The van der Waals surface area contributed by atoms with E-state index in [0.717, 1.165) is 35.5 Å². The average Bonchev–Trinajstić information content (AvgIpc) is 3.05. The number of fused-ring (bicyclic) bond motifs is 7. The fourth-order valence-electron chi connectivity index (χ4n) is 10.3. The molecule has 0 saturated heterocycles. The van der Waals surface area contributed by atoms with Crippen LogP contribution in [0.2, 0.25) is 0 Å². The third-order valence-electron chi connectivity index (χ3n) is 12.5. The first-order chi connectivity index (χ1) is 14.0. The summed E-state index contributed by atoms with van der Waals surface area (Å²) in [4.78, 5) is 0. The highest BCUT2D eigenvalue weighted by atomic mass is 14.7. The van der Waals surface area contributed by atoms with E-state index in [0.29, 0.717) is 21.7 Å². The molecule has 9 unspecified atom stereocenters. The molecule has 0 aromatic heterocycles. The molecule has 0 amide bonds. The van der Waals surface area contributed by atoms with Gasteiger partial charge in [-0.1, -0.05) is 67.5 Å². The van der Waals surface area contributed by atoms with Gasteiger partial charge in [-0.2, -0.15) is 0 Å². The zero-order valence-corrected chi connectivity index (χ0v) is 21.3. The summed E-state index contributed by atoms with van der Waals surface area (Å²) in [7, 11) is 0. The molecule has 9 atom stereocenters. The van der Waals surface area contributed by atoms with E-state index in [4.69, 9.17) is 0 Å². The molecule has 0 aromatic carbocycles. The van der Waals surface area contributed by atoms with Gasteiger partial charge in [-0.3, -0.25) is 0 Å². The Bertz CT molecular complexity index is 784. The Morgan fingerprint density at radius 2 is 1.60 bits per heavy atom. The van der Waals surface area contributed by atoms with E-state index in [9.17, 15) is 0 Å². The SMILES string of the molecule is CC(C)C1CCC2C1(C)CCC1(C)C3=CCC4(C)CCC(C)C(C)C4C3=CCC21C. The molecule has 30 heavy (non-hydrogen) atoms. The van der Waals surface area contributed by atoms with Crippen molar-refractivity contribution < 1.29 is 0 Å². The molecule has 5 rings (SSSR count). The molecule has 0 bridgehead atoms. The standard InChI is InChI=1S/C30H48/c1-19(2)23-9-10-25-28(23,6)17-18-29(7)24-13-15-27(5)14-11-20(3)21(4)26(27)22(24)12-16-30(25,29)8/h12-13,19-21,23,25-26H,9-11,14-18H2,1-8H3. The maximum Gasteiger partial charge on any atom is -0.00159 e. The van der Waals surface area contributed by atoms with Crippen molar-refractivity contribution in [1.29, 1.82) is 0 Å². The Balaban J connectivity index is 1.58. The second-order valence-electron chi connectivity index (χ2n) is 13.9. The maximum atomic E-state index is 2.79. The first-order valence-corrected chi connectivity index (χ1v) is 13.4. The van der Waals surface area contributed by atoms with Crippen LogP contribution in [-0.2, 0) is 0 Å². The topological polar surface area (TPSA) is 0 Å². The van der Waals surface area contributed by atoms with E-state index in [1.54, 1.807) is 0 Å². The van der Waals surface area contributed by atoms with Gasteiger partial charge in [0.15, 0.2) is 0 Å². The summed E-state index contributed by atoms with van der Waals surface area (Å²) in [6.45, 7) is 20.8. The molecule has 3 saturated carbocycles. The molecule has 3 fully saturated rings. The highest BCUT2D eigenvalue weighted by Gasteiger charge is 2.66. The minimum Gasteiger partial charge on any atom is -0.0801 e. The van der Waals surface area contributed by atoms with Gasteiger partial charge in [-0.05, 0) is 120 Å². The highest BCUT2D eigenvalue weighted by Crippen LogP contribution is 2.74. The van der Waals surface area contributed by atoms with Gasteiger partial charge < -0.3 is 0 Å². The molecular weight excluding hydrogens is 360 g/mol. The Labute approximate surface area is 187 Å². The van der Waals surface area contributed by atoms with Crippen molar-refractivity contribution in [3.63, 3.8) is 0 Å². The molecule has 0 nitrogen and oxygen atoms in total. The molecule has 5 aliphatic rings. The van der Waals surface area contributed by atoms with Crippen LogP contribution in [0.25, 0.3) is 0 Å². The predicted molar refractivity (Wildman–Crippen MR) is 129 cm³/mol. The molecule has 0 N–H and O–H groups in total. The predicted octanol–water partition coefficient (Wildman–Crippen LogP) is 8.83. The van der Waals surface area contributed by atoms with Gasteiger partial charge in [-0.25, -0.2) is 0 Å². The molecule has 0 aliphatic heterocycles. The van der Waals surface area contributed by atoms with Gasteiger partial charge in [-0.15, -0.1) is 0 Å². The van der Waals surface area contributed by atoms with Gasteiger partial charge in [0.2, 0.25) is 0 Å². The lowest BCUT2D eigenvalue weighted by molar-refractivity contribution is -0.101. The Morgan fingerprint density at radius 3 is 2.30 bits per heavy atom. The molecule has 5 aliphatic carbocycles. The van der Waals surface area contributed by atoms with Crippen LogP contribution >= 0.6 is 0 Å². The van der Waals surface area contributed by atoms with Crippen LogP contribution < -0.4 is 0 Å². The van der Waals surface area contributed by atoms with Crippen LogP contribution in [0.1, 0.15) is 107 Å². The minimum atomic E-state index is 0.384. The summed E-state index contributed by atoms with van der Waals surface area (Å²) in [6.07, 6.45) is 16.9. The van der Waals surface area contributed by atoms with Gasteiger partial charge in [0.1, 0.15) is 0 Å².